The predicted octanol–water partition coefficient (Wildman–Crippen LogP) is 5.40. The zero-order valence-corrected chi connectivity index (χ0v) is 20.8. The van der Waals surface area contributed by atoms with Crippen LogP contribution in [0.4, 0.5) is 5.69 Å². The van der Waals surface area contributed by atoms with Crippen molar-refractivity contribution in [2.75, 3.05) is 39.8 Å². The number of thiocarbonyl (C=S) groups is 1. The van der Waals surface area contributed by atoms with Gasteiger partial charge >= 0.3 is 0 Å². The number of para-hydroxylation sites is 3. The lowest BCUT2D eigenvalue weighted by atomic mass is 9.92. The summed E-state index contributed by atoms with van der Waals surface area (Å²) in [6, 6.07) is 19.7. The van der Waals surface area contributed by atoms with Crippen molar-refractivity contribution in [1.29, 1.82) is 0 Å². The summed E-state index contributed by atoms with van der Waals surface area (Å²) in [5.74, 6) is 2.79. The second-order valence-corrected chi connectivity index (χ2v) is 8.46. The number of hydrogen-bond donors (Lipinski definition) is 1. The summed E-state index contributed by atoms with van der Waals surface area (Å²) in [5, 5.41) is 4.09. The van der Waals surface area contributed by atoms with Crippen molar-refractivity contribution < 1.29 is 18.9 Å². The lowest BCUT2D eigenvalue weighted by Crippen LogP contribution is -2.44. The average Bonchev–Trinajstić information content (AvgIpc) is 2.87. The van der Waals surface area contributed by atoms with Gasteiger partial charge in [-0.15, -0.1) is 0 Å². The van der Waals surface area contributed by atoms with Crippen LogP contribution in [0, 0.1) is 6.92 Å². The summed E-state index contributed by atoms with van der Waals surface area (Å²) < 4.78 is 22.9. The van der Waals surface area contributed by atoms with E-state index in [-0.39, 0.29) is 6.04 Å². The van der Waals surface area contributed by atoms with Crippen molar-refractivity contribution in [1.82, 2.24) is 4.90 Å². The molecule has 34 heavy (non-hydrogen) atoms. The number of aryl methyl sites for hydroxylation is 1. The lowest BCUT2D eigenvalue weighted by Gasteiger charge is -2.39. The number of ether oxygens (including phenoxy) is 4. The fourth-order valence-corrected chi connectivity index (χ4v) is 4.59. The van der Waals surface area contributed by atoms with Crippen LogP contribution in [0.25, 0.3) is 0 Å². The van der Waals surface area contributed by atoms with Gasteiger partial charge in [-0.05, 0) is 72.6 Å². The first-order valence-corrected chi connectivity index (χ1v) is 11.6. The summed E-state index contributed by atoms with van der Waals surface area (Å²) in [6.07, 6.45) is 0.830. The fraction of sp³-hybridized carbons (Fsp3) is 0.296. The van der Waals surface area contributed by atoms with E-state index in [1.54, 1.807) is 21.3 Å². The van der Waals surface area contributed by atoms with E-state index < -0.39 is 0 Å². The Labute approximate surface area is 206 Å². The van der Waals surface area contributed by atoms with Crippen molar-refractivity contribution in [3.05, 3.63) is 77.4 Å². The third-order valence-electron chi connectivity index (χ3n) is 6.12. The molecule has 0 bridgehead atoms. The minimum absolute atomic E-state index is 0.127. The first kappa shape index (κ1) is 23.7. The van der Waals surface area contributed by atoms with Gasteiger partial charge in [0.15, 0.2) is 28.1 Å². The van der Waals surface area contributed by atoms with Crippen LogP contribution in [-0.2, 0) is 6.42 Å². The van der Waals surface area contributed by atoms with Crippen LogP contribution < -0.4 is 24.3 Å². The van der Waals surface area contributed by atoms with Crippen LogP contribution in [0.2, 0.25) is 0 Å². The molecule has 1 N–H and O–H groups in total. The Morgan fingerprint density at radius 1 is 0.912 bits per heavy atom. The van der Waals surface area contributed by atoms with Crippen molar-refractivity contribution >= 4 is 23.0 Å². The van der Waals surface area contributed by atoms with E-state index in [2.05, 4.69) is 29.3 Å². The Kier molecular flexibility index (Phi) is 7.43. The van der Waals surface area contributed by atoms with Gasteiger partial charge in [0.1, 0.15) is 6.61 Å². The molecule has 1 heterocycles. The first-order valence-electron chi connectivity index (χ1n) is 11.2. The largest absolute Gasteiger partial charge is 0.493 e. The highest BCUT2D eigenvalue weighted by molar-refractivity contribution is 7.80. The standard InChI is InChI=1S/C27H30N2O4S/c1-18-9-5-6-10-21(18)28-27(34)29-14-13-19-15-25(31-3)26(32-4)16-20(19)22(29)17-33-24-12-8-7-11-23(24)30-2/h5-12,15-16,22H,13-14,17H2,1-4H3,(H,28,34)/t22-/m0/s1. The molecule has 6 nitrogen and oxygen atoms in total. The van der Waals surface area contributed by atoms with Crippen LogP contribution in [0.1, 0.15) is 22.7 Å². The maximum Gasteiger partial charge on any atom is 0.174 e. The SMILES string of the molecule is COc1cc2c(cc1OC)[C@H](COc1ccccc1OC)N(C(=S)Nc1ccccc1C)CC2. The Morgan fingerprint density at radius 2 is 1.56 bits per heavy atom. The van der Waals surface area contributed by atoms with Gasteiger partial charge in [-0.1, -0.05) is 30.3 Å². The normalized spacial score (nSPS) is 14.7. The molecule has 1 atom stereocenters. The molecule has 0 fully saturated rings. The number of nitrogens with zero attached hydrogens (tertiary/aromatic N) is 1. The number of hydrogen-bond acceptors (Lipinski definition) is 5. The molecule has 0 unspecified atom stereocenters. The molecule has 0 radical (unpaired) electrons. The minimum atomic E-state index is -0.127. The topological polar surface area (TPSA) is 52.2 Å². The van der Waals surface area contributed by atoms with Crippen LogP contribution in [0.15, 0.2) is 60.7 Å². The smallest absolute Gasteiger partial charge is 0.174 e. The summed E-state index contributed by atoms with van der Waals surface area (Å²) in [6.45, 7) is 3.20. The van der Waals surface area contributed by atoms with Crippen LogP contribution >= 0.6 is 12.2 Å². The highest BCUT2D eigenvalue weighted by Crippen LogP contribution is 2.39. The zero-order valence-electron chi connectivity index (χ0n) is 20.0. The van der Waals surface area contributed by atoms with Crippen LogP contribution in [-0.4, -0.2) is 44.5 Å². The van der Waals surface area contributed by atoms with Gasteiger partial charge in [0.2, 0.25) is 0 Å². The summed E-state index contributed by atoms with van der Waals surface area (Å²) in [7, 11) is 4.95. The van der Waals surface area contributed by atoms with E-state index in [0.717, 1.165) is 35.5 Å². The van der Waals surface area contributed by atoms with E-state index in [4.69, 9.17) is 31.2 Å². The molecular formula is C27H30N2O4S. The fourth-order valence-electron chi connectivity index (χ4n) is 4.26. The summed E-state index contributed by atoms with van der Waals surface area (Å²) in [5.41, 5.74) is 4.43. The van der Waals surface area contributed by atoms with E-state index in [9.17, 15) is 0 Å². The molecule has 1 aliphatic rings. The number of anilines is 1. The quantitative estimate of drug-likeness (QED) is 0.457. The van der Waals surface area contributed by atoms with Gasteiger partial charge in [-0.25, -0.2) is 0 Å². The van der Waals surface area contributed by atoms with Crippen LogP contribution in [0.3, 0.4) is 0 Å². The van der Waals surface area contributed by atoms with Crippen molar-refractivity contribution in [3.63, 3.8) is 0 Å². The molecular weight excluding hydrogens is 448 g/mol. The van der Waals surface area contributed by atoms with Gasteiger partial charge < -0.3 is 29.2 Å². The second kappa shape index (κ2) is 10.7. The third-order valence-corrected chi connectivity index (χ3v) is 6.45. The number of fused-ring (bicyclic) bond motifs is 1. The molecule has 0 spiro atoms. The third kappa shape index (κ3) is 4.89. The van der Waals surface area contributed by atoms with E-state index >= 15 is 0 Å². The first-order chi connectivity index (χ1) is 16.5. The molecule has 0 aliphatic carbocycles. The highest BCUT2D eigenvalue weighted by atomic mass is 32.1. The molecule has 0 saturated heterocycles. The Bertz CT molecular complexity index is 1170. The molecule has 7 heteroatoms. The number of methoxy groups -OCH3 is 3. The Hall–Kier alpha value is -3.45. The monoisotopic (exact) mass is 478 g/mol. The van der Waals surface area contributed by atoms with Crippen LogP contribution in [0.5, 0.6) is 23.0 Å². The molecule has 3 aromatic rings. The van der Waals surface area contributed by atoms with E-state index in [1.165, 1.54) is 5.56 Å². The van der Waals surface area contributed by atoms with E-state index in [0.29, 0.717) is 29.0 Å². The Morgan fingerprint density at radius 3 is 2.26 bits per heavy atom. The van der Waals surface area contributed by atoms with Gasteiger partial charge in [-0.3, -0.25) is 0 Å². The average molecular weight is 479 g/mol. The van der Waals surface area contributed by atoms with Crippen molar-refractivity contribution in [3.8, 4) is 23.0 Å². The van der Waals surface area contributed by atoms with E-state index in [1.807, 2.05) is 48.5 Å². The van der Waals surface area contributed by atoms with Gasteiger partial charge in [0.25, 0.3) is 0 Å². The van der Waals surface area contributed by atoms with Gasteiger partial charge in [0, 0.05) is 12.2 Å². The maximum absolute atomic E-state index is 6.28. The molecule has 0 amide bonds. The lowest BCUT2D eigenvalue weighted by molar-refractivity contribution is 0.185. The van der Waals surface area contributed by atoms with Crippen molar-refractivity contribution in [2.24, 2.45) is 0 Å². The summed E-state index contributed by atoms with van der Waals surface area (Å²) >= 11 is 5.89. The minimum Gasteiger partial charge on any atom is -0.493 e. The summed E-state index contributed by atoms with van der Waals surface area (Å²) in [4.78, 5) is 2.19. The molecule has 178 valence electrons. The predicted molar refractivity (Wildman–Crippen MR) is 139 cm³/mol. The van der Waals surface area contributed by atoms with Gasteiger partial charge in [-0.2, -0.15) is 0 Å². The molecule has 3 aromatic carbocycles. The molecule has 4 rings (SSSR count). The molecule has 0 aromatic heterocycles. The molecule has 1 aliphatic heterocycles. The maximum atomic E-state index is 6.28. The highest BCUT2D eigenvalue weighted by Gasteiger charge is 2.32. The Balaban J connectivity index is 1.67. The number of rotatable bonds is 7. The molecule has 0 saturated carbocycles. The number of nitrogens with one attached hydrogen (secondary N) is 1. The van der Waals surface area contributed by atoms with Gasteiger partial charge in [0.05, 0.1) is 27.4 Å². The second-order valence-electron chi connectivity index (χ2n) is 8.07. The zero-order chi connectivity index (χ0) is 24.1. The number of benzene rings is 3. The van der Waals surface area contributed by atoms with Crippen molar-refractivity contribution in [2.45, 2.75) is 19.4 Å².